The van der Waals surface area contributed by atoms with Gasteiger partial charge in [-0.05, 0) is 60.7 Å². The van der Waals surface area contributed by atoms with Gasteiger partial charge in [0.05, 0.1) is 36.6 Å². The average Bonchev–Trinajstić information content (AvgIpc) is 2.82. The van der Waals surface area contributed by atoms with E-state index in [2.05, 4.69) is 5.32 Å². The predicted molar refractivity (Wildman–Crippen MR) is 117 cm³/mol. The number of hydrogen-bond acceptors (Lipinski definition) is 5. The number of para-hydroxylation sites is 1. The molecule has 4 rings (SSSR count). The van der Waals surface area contributed by atoms with Gasteiger partial charge in [0, 0.05) is 11.4 Å². The fourth-order valence-electron chi connectivity index (χ4n) is 3.66. The minimum absolute atomic E-state index is 0.139. The Morgan fingerprint density at radius 1 is 1.12 bits per heavy atom. The predicted octanol–water partition coefficient (Wildman–Crippen LogP) is 4.86. The van der Waals surface area contributed by atoms with E-state index in [9.17, 15) is 23.1 Å². The zero-order chi connectivity index (χ0) is 23.6. The number of aliphatic hydroxyl groups is 1. The van der Waals surface area contributed by atoms with Gasteiger partial charge >= 0.3 is 6.18 Å². The van der Waals surface area contributed by atoms with E-state index in [1.165, 1.54) is 12.1 Å². The SMILES string of the molecule is COc1ccc(N2c3cccc(C(=O)Nc4ccc(C(F)(F)F)cc4)c3OC[C@@H]2CO)cc1. The Morgan fingerprint density at radius 2 is 1.82 bits per heavy atom. The lowest BCUT2D eigenvalue weighted by Crippen LogP contribution is -2.43. The standard InChI is InChI=1S/C24H21F3N2O4/c1-32-19-11-9-17(10-12-19)29-18(13-30)14-33-22-20(3-2-4-21(22)29)23(31)28-16-7-5-15(6-8-16)24(25,26)27/h2-12,18,30H,13-14H2,1H3,(H,28,31)/t18-/m0/s1. The molecule has 0 bridgehead atoms. The van der Waals surface area contributed by atoms with Crippen LogP contribution in [0.25, 0.3) is 0 Å². The number of anilines is 3. The summed E-state index contributed by atoms with van der Waals surface area (Å²) >= 11 is 0. The molecule has 0 unspecified atom stereocenters. The third-order valence-electron chi connectivity index (χ3n) is 5.32. The van der Waals surface area contributed by atoms with Crippen LogP contribution in [-0.4, -0.2) is 37.4 Å². The molecule has 1 aliphatic heterocycles. The molecular weight excluding hydrogens is 437 g/mol. The van der Waals surface area contributed by atoms with Crippen LogP contribution in [0, 0.1) is 0 Å². The Morgan fingerprint density at radius 3 is 2.42 bits per heavy atom. The molecule has 0 saturated carbocycles. The molecule has 0 saturated heterocycles. The number of hydrogen-bond donors (Lipinski definition) is 2. The maximum atomic E-state index is 12.9. The van der Waals surface area contributed by atoms with E-state index in [0.717, 1.165) is 17.8 Å². The molecule has 3 aromatic rings. The number of carbonyl (C=O) groups is 1. The number of methoxy groups -OCH3 is 1. The van der Waals surface area contributed by atoms with E-state index in [1.54, 1.807) is 37.4 Å². The van der Waals surface area contributed by atoms with Gasteiger partial charge in [-0.15, -0.1) is 0 Å². The van der Waals surface area contributed by atoms with Crippen molar-refractivity contribution in [2.24, 2.45) is 0 Å². The van der Waals surface area contributed by atoms with Crippen molar-refractivity contribution < 1.29 is 32.5 Å². The number of aliphatic hydroxyl groups excluding tert-OH is 1. The van der Waals surface area contributed by atoms with Crippen LogP contribution >= 0.6 is 0 Å². The molecule has 1 heterocycles. The number of alkyl halides is 3. The van der Waals surface area contributed by atoms with E-state index < -0.39 is 17.6 Å². The van der Waals surface area contributed by atoms with Crippen molar-refractivity contribution in [1.82, 2.24) is 0 Å². The van der Waals surface area contributed by atoms with Crippen LogP contribution in [0.3, 0.4) is 0 Å². The van der Waals surface area contributed by atoms with Gasteiger partial charge in [-0.25, -0.2) is 0 Å². The maximum Gasteiger partial charge on any atom is 0.416 e. The van der Waals surface area contributed by atoms with E-state index in [1.807, 2.05) is 17.0 Å². The normalized spacial score (nSPS) is 15.4. The van der Waals surface area contributed by atoms with E-state index in [4.69, 9.17) is 9.47 Å². The maximum absolute atomic E-state index is 12.9. The number of ether oxygens (including phenoxy) is 2. The van der Waals surface area contributed by atoms with Gasteiger partial charge in [-0.2, -0.15) is 13.2 Å². The van der Waals surface area contributed by atoms with E-state index in [0.29, 0.717) is 17.2 Å². The largest absolute Gasteiger partial charge is 0.497 e. The number of nitrogens with one attached hydrogen (secondary N) is 1. The molecule has 9 heteroatoms. The second-order valence-corrected chi connectivity index (χ2v) is 7.40. The van der Waals surface area contributed by atoms with Crippen LogP contribution in [-0.2, 0) is 6.18 Å². The monoisotopic (exact) mass is 458 g/mol. The molecule has 33 heavy (non-hydrogen) atoms. The minimum atomic E-state index is -4.46. The highest BCUT2D eigenvalue weighted by atomic mass is 19.4. The van der Waals surface area contributed by atoms with Crippen LogP contribution in [0.15, 0.2) is 66.7 Å². The molecule has 3 aromatic carbocycles. The smallest absolute Gasteiger partial charge is 0.416 e. The number of rotatable bonds is 5. The summed E-state index contributed by atoms with van der Waals surface area (Å²) in [6.45, 7) is -0.0342. The van der Waals surface area contributed by atoms with Crippen LogP contribution in [0.4, 0.5) is 30.2 Å². The highest BCUT2D eigenvalue weighted by molar-refractivity contribution is 6.07. The topological polar surface area (TPSA) is 71.0 Å². The minimum Gasteiger partial charge on any atom is -0.497 e. The van der Waals surface area contributed by atoms with Crippen molar-refractivity contribution in [2.75, 3.05) is 30.5 Å². The highest BCUT2D eigenvalue weighted by Gasteiger charge is 2.32. The molecule has 1 amide bonds. The van der Waals surface area contributed by atoms with Gasteiger partial charge in [0.15, 0.2) is 5.75 Å². The van der Waals surface area contributed by atoms with Gasteiger partial charge in [-0.3, -0.25) is 4.79 Å². The number of benzene rings is 3. The number of carbonyl (C=O) groups excluding carboxylic acids is 1. The number of nitrogens with zero attached hydrogens (tertiary/aromatic N) is 1. The van der Waals surface area contributed by atoms with Gasteiger partial charge in [-0.1, -0.05) is 6.07 Å². The van der Waals surface area contributed by atoms with Crippen molar-refractivity contribution in [3.05, 3.63) is 77.9 Å². The highest BCUT2D eigenvalue weighted by Crippen LogP contribution is 2.42. The summed E-state index contributed by atoms with van der Waals surface area (Å²) in [6.07, 6.45) is -4.46. The lowest BCUT2D eigenvalue weighted by atomic mass is 10.1. The van der Waals surface area contributed by atoms with Crippen molar-refractivity contribution in [1.29, 1.82) is 0 Å². The third kappa shape index (κ3) is 4.58. The van der Waals surface area contributed by atoms with Gasteiger partial charge in [0.2, 0.25) is 0 Å². The lowest BCUT2D eigenvalue weighted by Gasteiger charge is -2.38. The fourth-order valence-corrected chi connectivity index (χ4v) is 3.66. The number of halogens is 3. The first-order valence-electron chi connectivity index (χ1n) is 10.1. The van der Waals surface area contributed by atoms with Crippen molar-refractivity contribution in [3.63, 3.8) is 0 Å². The second kappa shape index (κ2) is 9.03. The molecule has 6 nitrogen and oxygen atoms in total. The Hall–Kier alpha value is -3.72. The quantitative estimate of drug-likeness (QED) is 0.572. The Labute approximate surface area is 188 Å². The Kier molecular flexibility index (Phi) is 6.15. The summed E-state index contributed by atoms with van der Waals surface area (Å²) in [5.74, 6) is 0.476. The molecule has 1 aliphatic rings. The van der Waals surface area contributed by atoms with E-state index >= 15 is 0 Å². The third-order valence-corrected chi connectivity index (χ3v) is 5.32. The average molecular weight is 458 g/mol. The molecule has 0 aromatic heterocycles. The molecule has 0 spiro atoms. The van der Waals surface area contributed by atoms with Crippen molar-refractivity contribution >= 4 is 23.0 Å². The first kappa shape index (κ1) is 22.5. The molecule has 1 atom stereocenters. The fraction of sp³-hybridized carbons (Fsp3) is 0.208. The number of amides is 1. The van der Waals surface area contributed by atoms with Gasteiger partial charge in [0.1, 0.15) is 12.4 Å². The Bertz CT molecular complexity index is 1130. The zero-order valence-electron chi connectivity index (χ0n) is 17.6. The summed E-state index contributed by atoms with van der Waals surface area (Å²) in [6, 6.07) is 16.1. The summed E-state index contributed by atoms with van der Waals surface area (Å²) in [5, 5.41) is 12.5. The summed E-state index contributed by atoms with van der Waals surface area (Å²) < 4.78 is 49.4. The van der Waals surface area contributed by atoms with Gasteiger partial charge < -0.3 is 24.8 Å². The van der Waals surface area contributed by atoms with Crippen LogP contribution < -0.4 is 19.7 Å². The lowest BCUT2D eigenvalue weighted by molar-refractivity contribution is -0.137. The molecule has 0 radical (unpaired) electrons. The summed E-state index contributed by atoms with van der Waals surface area (Å²) in [7, 11) is 1.57. The first-order chi connectivity index (χ1) is 15.8. The number of fused-ring (bicyclic) bond motifs is 1. The molecule has 0 fully saturated rings. The van der Waals surface area contributed by atoms with Crippen LogP contribution in [0.5, 0.6) is 11.5 Å². The van der Waals surface area contributed by atoms with Crippen molar-refractivity contribution in [2.45, 2.75) is 12.2 Å². The van der Waals surface area contributed by atoms with E-state index in [-0.39, 0.29) is 30.5 Å². The summed E-state index contributed by atoms with van der Waals surface area (Å²) in [4.78, 5) is 14.8. The Balaban J connectivity index is 1.64. The molecule has 172 valence electrons. The van der Waals surface area contributed by atoms with Gasteiger partial charge in [0.25, 0.3) is 5.91 Å². The van der Waals surface area contributed by atoms with Crippen LogP contribution in [0.2, 0.25) is 0 Å². The first-order valence-corrected chi connectivity index (χ1v) is 10.1. The summed E-state index contributed by atoms with van der Waals surface area (Å²) in [5.41, 5.74) is 1.01. The molecule has 2 N–H and O–H groups in total. The van der Waals surface area contributed by atoms with Crippen molar-refractivity contribution in [3.8, 4) is 11.5 Å². The molecule has 0 aliphatic carbocycles. The zero-order valence-corrected chi connectivity index (χ0v) is 17.6. The van der Waals surface area contributed by atoms with Crippen LogP contribution in [0.1, 0.15) is 15.9 Å². The second-order valence-electron chi connectivity index (χ2n) is 7.40. The molecular formula is C24H21F3N2O4.